The zero-order valence-corrected chi connectivity index (χ0v) is 21.7. The van der Waals surface area contributed by atoms with Gasteiger partial charge in [-0.05, 0) is 28.1 Å². The predicted octanol–water partition coefficient (Wildman–Crippen LogP) is 4.47. The zero-order chi connectivity index (χ0) is 28.3. The van der Waals surface area contributed by atoms with Crippen molar-refractivity contribution in [2.75, 3.05) is 18.4 Å². The van der Waals surface area contributed by atoms with Crippen LogP contribution in [-0.2, 0) is 14.4 Å². The van der Waals surface area contributed by atoms with Gasteiger partial charge in [0.25, 0.3) is 0 Å². The van der Waals surface area contributed by atoms with Crippen molar-refractivity contribution in [1.29, 1.82) is 0 Å². The van der Waals surface area contributed by atoms with Gasteiger partial charge >= 0.3 is 12.0 Å². The van der Waals surface area contributed by atoms with Crippen molar-refractivity contribution in [2.45, 2.75) is 18.9 Å². The van der Waals surface area contributed by atoms with Gasteiger partial charge in [0.2, 0.25) is 11.8 Å². The van der Waals surface area contributed by atoms with E-state index < -0.39 is 29.9 Å². The minimum atomic E-state index is -1.06. The number of nitrogens with one attached hydrogen (secondary N) is 4. The molecule has 0 bridgehead atoms. The van der Waals surface area contributed by atoms with Crippen LogP contribution in [0, 0.1) is 0 Å². The second-order valence-corrected chi connectivity index (χ2v) is 9.14. The third-order valence-electron chi connectivity index (χ3n) is 6.26. The number of carbonyl (C=O) groups is 4. The number of fused-ring (bicyclic) bond motifs is 1. The smallest absolute Gasteiger partial charge is 0.319 e. The average molecular weight is 539 g/mol. The van der Waals surface area contributed by atoms with Crippen LogP contribution >= 0.6 is 0 Å². The van der Waals surface area contributed by atoms with Gasteiger partial charge < -0.3 is 26.4 Å². The van der Waals surface area contributed by atoms with E-state index in [1.807, 2.05) is 78.9 Å². The second-order valence-electron chi connectivity index (χ2n) is 9.14. The zero-order valence-electron chi connectivity index (χ0n) is 21.7. The summed E-state index contributed by atoms with van der Waals surface area (Å²) in [4.78, 5) is 48.4. The quantitative estimate of drug-likeness (QED) is 0.192. The van der Waals surface area contributed by atoms with Gasteiger partial charge in [0.05, 0.1) is 24.7 Å². The molecule has 0 saturated carbocycles. The fraction of sp³-hybridized carbons (Fsp3) is 0.161. The molecule has 0 aromatic heterocycles. The Balaban J connectivity index is 1.22. The number of benzene rings is 4. The van der Waals surface area contributed by atoms with E-state index >= 15 is 0 Å². The van der Waals surface area contributed by atoms with Crippen molar-refractivity contribution in [3.63, 3.8) is 0 Å². The van der Waals surface area contributed by atoms with Crippen molar-refractivity contribution >= 4 is 40.3 Å². The molecule has 9 heteroatoms. The van der Waals surface area contributed by atoms with Crippen molar-refractivity contribution in [3.05, 3.63) is 103 Å². The van der Waals surface area contributed by atoms with E-state index in [1.54, 1.807) is 18.2 Å². The highest BCUT2D eigenvalue weighted by Gasteiger charge is 2.19. The Morgan fingerprint density at radius 1 is 0.700 bits per heavy atom. The molecule has 1 atom stereocenters. The Kier molecular flexibility index (Phi) is 9.44. The fourth-order valence-corrected chi connectivity index (χ4v) is 4.27. The highest BCUT2D eigenvalue weighted by Crippen LogP contribution is 2.24. The number of rotatable bonds is 11. The molecule has 4 aromatic rings. The first kappa shape index (κ1) is 27.8. The van der Waals surface area contributed by atoms with E-state index in [4.69, 9.17) is 0 Å². The molecule has 0 spiro atoms. The summed E-state index contributed by atoms with van der Waals surface area (Å²) < 4.78 is 0. The van der Waals surface area contributed by atoms with Gasteiger partial charge in [-0.25, -0.2) is 4.79 Å². The normalized spacial score (nSPS) is 11.3. The summed E-state index contributed by atoms with van der Waals surface area (Å²) in [5, 5.41) is 21.8. The first-order valence-corrected chi connectivity index (χ1v) is 12.8. The average Bonchev–Trinajstić information content (AvgIpc) is 2.96. The topological polar surface area (TPSA) is 137 Å². The van der Waals surface area contributed by atoms with Crippen LogP contribution in [0.5, 0.6) is 0 Å². The lowest BCUT2D eigenvalue weighted by Gasteiger charge is -2.18. The molecular weight excluding hydrogens is 508 g/mol. The van der Waals surface area contributed by atoms with Crippen LogP contribution in [0.15, 0.2) is 97.1 Å². The van der Waals surface area contributed by atoms with E-state index in [2.05, 4.69) is 21.3 Å². The van der Waals surface area contributed by atoms with Crippen molar-refractivity contribution in [2.24, 2.45) is 0 Å². The molecule has 204 valence electrons. The summed E-state index contributed by atoms with van der Waals surface area (Å²) in [7, 11) is 0. The molecule has 0 aliphatic carbocycles. The van der Waals surface area contributed by atoms with E-state index in [0.717, 1.165) is 21.9 Å². The SMILES string of the molecule is O=C(O)CC(NC(=O)CNC(=O)CCNC(=O)Nc1cccc2ccccc12)c1ccc(-c2ccccc2)cc1. The number of carboxylic acid groups (broad SMARTS) is 1. The van der Waals surface area contributed by atoms with Crippen LogP contribution in [0.4, 0.5) is 10.5 Å². The van der Waals surface area contributed by atoms with E-state index in [-0.39, 0.29) is 25.9 Å². The van der Waals surface area contributed by atoms with E-state index in [1.165, 1.54) is 0 Å². The van der Waals surface area contributed by atoms with Gasteiger partial charge in [0.1, 0.15) is 0 Å². The van der Waals surface area contributed by atoms with Gasteiger partial charge in [-0.2, -0.15) is 0 Å². The number of carbonyl (C=O) groups excluding carboxylic acids is 3. The number of hydrogen-bond acceptors (Lipinski definition) is 4. The molecule has 0 aliphatic heterocycles. The molecule has 0 radical (unpaired) electrons. The van der Waals surface area contributed by atoms with Crippen LogP contribution < -0.4 is 21.3 Å². The van der Waals surface area contributed by atoms with E-state index in [9.17, 15) is 24.3 Å². The number of aliphatic carboxylic acids is 1. The Bertz CT molecular complexity index is 1480. The van der Waals surface area contributed by atoms with Gasteiger partial charge in [0.15, 0.2) is 0 Å². The lowest BCUT2D eigenvalue weighted by molar-refractivity contribution is -0.138. The molecule has 0 heterocycles. The van der Waals surface area contributed by atoms with Crippen LogP contribution in [-0.4, -0.2) is 42.0 Å². The third kappa shape index (κ3) is 7.91. The van der Waals surface area contributed by atoms with E-state index in [0.29, 0.717) is 11.3 Å². The number of anilines is 1. The highest BCUT2D eigenvalue weighted by molar-refractivity contribution is 6.01. The molecule has 9 nitrogen and oxygen atoms in total. The molecular formula is C31H30N4O5. The van der Waals surface area contributed by atoms with Gasteiger partial charge in [-0.1, -0.05) is 91.0 Å². The Morgan fingerprint density at radius 2 is 1.38 bits per heavy atom. The molecule has 5 N–H and O–H groups in total. The summed E-state index contributed by atoms with van der Waals surface area (Å²) in [5.74, 6) is -2.01. The summed E-state index contributed by atoms with van der Waals surface area (Å²) in [5.41, 5.74) is 3.29. The number of hydrogen-bond donors (Lipinski definition) is 5. The first-order valence-electron chi connectivity index (χ1n) is 12.8. The Labute approximate surface area is 231 Å². The number of urea groups is 1. The second kappa shape index (κ2) is 13.6. The molecule has 0 aliphatic rings. The highest BCUT2D eigenvalue weighted by atomic mass is 16.4. The molecule has 0 saturated heterocycles. The molecule has 40 heavy (non-hydrogen) atoms. The van der Waals surface area contributed by atoms with Gasteiger partial charge in [0, 0.05) is 18.4 Å². The third-order valence-corrected chi connectivity index (χ3v) is 6.26. The van der Waals surface area contributed by atoms with Crippen LogP contribution in [0.25, 0.3) is 21.9 Å². The Morgan fingerprint density at radius 3 is 2.12 bits per heavy atom. The predicted molar refractivity (Wildman–Crippen MR) is 154 cm³/mol. The monoisotopic (exact) mass is 538 g/mol. The maximum absolute atomic E-state index is 12.5. The van der Waals surface area contributed by atoms with Gasteiger partial charge in [-0.15, -0.1) is 0 Å². The molecule has 4 amide bonds. The molecule has 4 aromatic carbocycles. The largest absolute Gasteiger partial charge is 0.481 e. The summed E-state index contributed by atoms with van der Waals surface area (Å²) in [6, 6.07) is 29.1. The fourth-order valence-electron chi connectivity index (χ4n) is 4.27. The van der Waals surface area contributed by atoms with Crippen molar-refractivity contribution in [3.8, 4) is 11.1 Å². The standard InChI is InChI=1S/C31H30N4O5/c36-28(17-18-32-31(40)35-26-12-6-10-23-9-4-5-11-25(23)26)33-20-29(37)34-27(19-30(38)39)24-15-13-22(14-16-24)21-7-2-1-3-8-21/h1-16,27H,17-20H2,(H,33,36)(H,34,37)(H,38,39)(H2,32,35,40). The maximum Gasteiger partial charge on any atom is 0.319 e. The minimum absolute atomic E-state index is 0.0320. The first-order chi connectivity index (χ1) is 19.4. The van der Waals surface area contributed by atoms with Gasteiger partial charge in [-0.3, -0.25) is 14.4 Å². The lowest BCUT2D eigenvalue weighted by atomic mass is 9.99. The number of amides is 4. The van der Waals surface area contributed by atoms with Crippen LogP contribution in [0.1, 0.15) is 24.4 Å². The lowest BCUT2D eigenvalue weighted by Crippen LogP contribution is -2.40. The summed E-state index contributed by atoms with van der Waals surface area (Å²) in [6.07, 6.45) is -0.337. The molecule has 4 rings (SSSR count). The molecule has 1 unspecified atom stereocenters. The number of carboxylic acids is 1. The molecule has 0 fully saturated rings. The van der Waals surface area contributed by atoms with Crippen LogP contribution in [0.2, 0.25) is 0 Å². The van der Waals surface area contributed by atoms with Crippen molar-refractivity contribution in [1.82, 2.24) is 16.0 Å². The Hall–Kier alpha value is -5.18. The summed E-state index contributed by atoms with van der Waals surface area (Å²) >= 11 is 0. The van der Waals surface area contributed by atoms with Crippen molar-refractivity contribution < 1.29 is 24.3 Å². The summed E-state index contributed by atoms with van der Waals surface area (Å²) in [6.45, 7) is -0.251. The van der Waals surface area contributed by atoms with Crippen LogP contribution in [0.3, 0.4) is 0 Å². The minimum Gasteiger partial charge on any atom is -0.481 e. The maximum atomic E-state index is 12.5.